The number of halogens is 6. The van der Waals surface area contributed by atoms with Crippen LogP contribution in [0.15, 0.2) is 58.1 Å². The van der Waals surface area contributed by atoms with E-state index in [0.717, 1.165) is 23.2 Å². The number of alkyl halides is 5. The maximum Gasteiger partial charge on any atom is 0.418 e. The number of rotatable bonds is 3. The highest BCUT2D eigenvalue weighted by molar-refractivity contribution is 9.10. The van der Waals surface area contributed by atoms with Crippen molar-refractivity contribution >= 4 is 27.5 Å². The van der Waals surface area contributed by atoms with Crippen LogP contribution in [0.5, 0.6) is 0 Å². The van der Waals surface area contributed by atoms with Crippen LogP contribution in [0.2, 0.25) is 0 Å². The van der Waals surface area contributed by atoms with Crippen molar-refractivity contribution in [3.05, 3.63) is 63.7 Å². The van der Waals surface area contributed by atoms with Crippen LogP contribution in [-0.2, 0) is 11.0 Å². The summed E-state index contributed by atoms with van der Waals surface area (Å²) in [5, 5.41) is 5.87. The van der Waals surface area contributed by atoms with Crippen molar-refractivity contribution in [3.63, 3.8) is 0 Å². The lowest BCUT2D eigenvalue weighted by Gasteiger charge is -2.29. The monoisotopic (exact) mass is 450 g/mol. The quantitative estimate of drug-likeness (QED) is 0.614. The number of amides is 1. The fourth-order valence-corrected chi connectivity index (χ4v) is 3.01. The Morgan fingerprint density at radius 1 is 1.33 bits per heavy atom. The Kier molecular flexibility index (Phi) is 5.00. The van der Waals surface area contributed by atoms with Crippen LogP contribution in [0.25, 0.3) is 0 Å². The average molecular weight is 451 g/mol. The topological polar surface area (TPSA) is 56.4 Å². The maximum absolute atomic E-state index is 13.2. The van der Waals surface area contributed by atoms with Gasteiger partial charge in [-0.05, 0) is 24.3 Å². The van der Waals surface area contributed by atoms with Gasteiger partial charge in [0.2, 0.25) is 0 Å². The van der Waals surface area contributed by atoms with Crippen molar-refractivity contribution < 1.29 is 26.7 Å². The normalized spacial score (nSPS) is 17.1. The number of benzene rings is 1. The zero-order chi connectivity index (χ0) is 19.9. The number of carbonyl (C=O) groups excluding carboxylic acids is 1. The Bertz CT molecular complexity index is 878. The molecule has 1 amide bonds. The van der Waals surface area contributed by atoms with E-state index in [1.165, 1.54) is 6.07 Å². The van der Waals surface area contributed by atoms with E-state index in [0.29, 0.717) is 0 Å². The molecule has 0 saturated carbocycles. The third-order valence-electron chi connectivity index (χ3n) is 3.82. The van der Waals surface area contributed by atoms with Gasteiger partial charge < -0.3 is 10.6 Å². The molecule has 2 aliphatic rings. The smallest absolute Gasteiger partial charge is 0.341 e. The van der Waals surface area contributed by atoms with E-state index in [1.807, 2.05) is 0 Å². The molecule has 0 aliphatic carbocycles. The summed E-state index contributed by atoms with van der Waals surface area (Å²) in [6.07, 6.45) is -6.41. The molecule has 1 aromatic rings. The molecule has 2 heterocycles. The first-order valence-corrected chi connectivity index (χ1v) is 8.28. The molecule has 0 bridgehead atoms. The summed E-state index contributed by atoms with van der Waals surface area (Å²) in [7, 11) is 0. The van der Waals surface area contributed by atoms with Gasteiger partial charge in [0.25, 0.3) is 12.3 Å². The molecule has 2 aliphatic heterocycles. The highest BCUT2D eigenvalue weighted by Crippen LogP contribution is 2.37. The summed E-state index contributed by atoms with van der Waals surface area (Å²) in [6, 6.07) is 3.29. The van der Waals surface area contributed by atoms with E-state index in [-0.39, 0.29) is 28.1 Å². The second-order valence-corrected chi connectivity index (χ2v) is 6.58. The van der Waals surface area contributed by atoms with Crippen LogP contribution in [0, 0.1) is 0 Å². The van der Waals surface area contributed by atoms with Crippen molar-refractivity contribution in [2.75, 3.05) is 11.9 Å². The van der Waals surface area contributed by atoms with E-state index in [1.54, 1.807) is 0 Å². The fourth-order valence-electron chi connectivity index (χ4n) is 2.64. The molecule has 0 fully saturated rings. The van der Waals surface area contributed by atoms with Crippen molar-refractivity contribution in [2.45, 2.75) is 12.6 Å². The van der Waals surface area contributed by atoms with Crippen LogP contribution < -0.4 is 16.1 Å². The number of nitrogens with one attached hydrogen (secondary N) is 3. The first kappa shape index (κ1) is 19.4. The number of hydrogen-bond donors (Lipinski definition) is 3. The molecule has 5 nitrogen and oxygen atoms in total. The minimum Gasteiger partial charge on any atom is -0.341 e. The molecular weight excluding hydrogens is 439 g/mol. The molecule has 1 aromatic carbocycles. The van der Waals surface area contributed by atoms with Gasteiger partial charge in [0.05, 0.1) is 16.8 Å². The molecule has 0 aromatic heterocycles. The fraction of sp³-hybridized carbons (Fsp3) is 0.188. The Morgan fingerprint density at radius 2 is 2.04 bits per heavy atom. The van der Waals surface area contributed by atoms with Crippen LogP contribution >= 0.6 is 15.9 Å². The molecule has 0 radical (unpaired) electrons. The van der Waals surface area contributed by atoms with Crippen molar-refractivity contribution in [1.82, 2.24) is 15.8 Å². The second kappa shape index (κ2) is 6.97. The summed E-state index contributed by atoms with van der Waals surface area (Å²) in [5.41, 5.74) is 0.801. The van der Waals surface area contributed by atoms with Crippen LogP contribution in [0.3, 0.4) is 0 Å². The number of nitrogens with zero attached hydrogens (tertiary/aromatic N) is 1. The Labute approximate surface area is 158 Å². The Hall–Kier alpha value is -2.40. The molecule has 0 spiro atoms. The van der Waals surface area contributed by atoms with Gasteiger partial charge in [-0.25, -0.2) is 14.2 Å². The Balaban J connectivity index is 1.92. The van der Waals surface area contributed by atoms with E-state index in [2.05, 4.69) is 38.6 Å². The predicted molar refractivity (Wildman–Crippen MR) is 91.0 cm³/mol. The molecule has 144 valence electrons. The number of carbonyl (C=O) groups is 1. The summed E-state index contributed by atoms with van der Waals surface area (Å²) in [5.74, 6) is -0.857. The molecule has 0 unspecified atom stereocenters. The molecule has 3 rings (SSSR count). The number of hydrogen-bond acceptors (Lipinski definition) is 4. The number of anilines is 1. The Morgan fingerprint density at radius 3 is 2.67 bits per heavy atom. The zero-order valence-corrected chi connectivity index (χ0v) is 15.0. The molecule has 0 saturated heterocycles. The minimum absolute atomic E-state index is 0.000898. The largest absolute Gasteiger partial charge is 0.418 e. The van der Waals surface area contributed by atoms with Gasteiger partial charge in [-0.3, -0.25) is 9.80 Å². The summed E-state index contributed by atoms with van der Waals surface area (Å²) < 4.78 is 66.1. The van der Waals surface area contributed by atoms with Gasteiger partial charge in [0.15, 0.2) is 0 Å². The van der Waals surface area contributed by atoms with Gasteiger partial charge in [0, 0.05) is 16.7 Å². The predicted octanol–water partition coefficient (Wildman–Crippen LogP) is 3.70. The van der Waals surface area contributed by atoms with Crippen LogP contribution in [0.1, 0.15) is 5.56 Å². The SMILES string of the molecule is C=C1C=C(C(F)F)N2NCC(C(=O)Nc3ccc(Br)cc3C(F)(F)F)=C2N1. The van der Waals surface area contributed by atoms with Gasteiger partial charge in [-0.1, -0.05) is 22.5 Å². The van der Waals surface area contributed by atoms with Crippen molar-refractivity contribution in [1.29, 1.82) is 0 Å². The average Bonchev–Trinajstić information content (AvgIpc) is 2.98. The summed E-state index contributed by atoms with van der Waals surface area (Å²) in [4.78, 5) is 12.5. The number of allylic oxidation sites excluding steroid dienone is 2. The number of fused-ring (bicyclic) bond motifs is 1. The third-order valence-corrected chi connectivity index (χ3v) is 4.31. The van der Waals surface area contributed by atoms with Crippen LogP contribution in [0.4, 0.5) is 27.6 Å². The van der Waals surface area contributed by atoms with Crippen molar-refractivity contribution in [2.24, 2.45) is 0 Å². The molecule has 3 N–H and O–H groups in total. The van der Waals surface area contributed by atoms with Crippen LogP contribution in [-0.4, -0.2) is 23.9 Å². The highest BCUT2D eigenvalue weighted by Gasteiger charge is 2.37. The first-order valence-electron chi connectivity index (χ1n) is 7.48. The maximum atomic E-state index is 13.2. The van der Waals surface area contributed by atoms with E-state index in [9.17, 15) is 26.7 Å². The third kappa shape index (κ3) is 3.83. The standard InChI is InChI=1S/C16H12BrF5N4O/c1-7-4-12(13(18)19)26-14(24-7)9(6-23-26)15(27)25-11-3-2-8(17)5-10(11)16(20,21)22/h2-5,13,23-24H,1,6H2,(H,25,27). The first-order chi connectivity index (χ1) is 12.6. The second-order valence-electron chi connectivity index (χ2n) is 5.66. The van der Waals surface area contributed by atoms with Crippen molar-refractivity contribution in [3.8, 4) is 0 Å². The van der Waals surface area contributed by atoms with Gasteiger partial charge in [-0.2, -0.15) is 13.2 Å². The van der Waals surface area contributed by atoms with Gasteiger partial charge in [-0.15, -0.1) is 0 Å². The van der Waals surface area contributed by atoms with E-state index in [4.69, 9.17) is 0 Å². The lowest BCUT2D eigenvalue weighted by atomic mass is 10.1. The molecule has 11 heteroatoms. The van der Waals surface area contributed by atoms with E-state index < -0.39 is 35.5 Å². The highest BCUT2D eigenvalue weighted by atomic mass is 79.9. The molecule has 27 heavy (non-hydrogen) atoms. The summed E-state index contributed by atoms with van der Waals surface area (Å²) in [6.45, 7) is 3.40. The zero-order valence-electron chi connectivity index (χ0n) is 13.4. The molecular formula is C16H12BrF5N4O. The lowest BCUT2D eigenvalue weighted by molar-refractivity contribution is -0.137. The minimum atomic E-state index is -4.69. The molecule has 0 atom stereocenters. The van der Waals surface area contributed by atoms with Gasteiger partial charge in [0.1, 0.15) is 11.5 Å². The lowest BCUT2D eigenvalue weighted by Crippen LogP contribution is -2.41. The number of hydrazine groups is 1. The van der Waals surface area contributed by atoms with E-state index >= 15 is 0 Å². The van der Waals surface area contributed by atoms with Gasteiger partial charge >= 0.3 is 6.18 Å². The summed E-state index contributed by atoms with van der Waals surface area (Å²) >= 11 is 2.96.